The maximum absolute atomic E-state index is 12.3. The van der Waals surface area contributed by atoms with E-state index in [0.29, 0.717) is 21.6 Å². The van der Waals surface area contributed by atoms with Gasteiger partial charge < -0.3 is 5.21 Å². The fraction of sp³-hybridized carbons (Fsp3) is 0. The molecule has 2 aromatic carbocycles. The summed E-state index contributed by atoms with van der Waals surface area (Å²) in [4.78, 5) is 12.3. The summed E-state index contributed by atoms with van der Waals surface area (Å²) in [5.41, 5.74) is 1.67. The second-order valence-corrected chi connectivity index (χ2v) is 4.92. The van der Waals surface area contributed by atoms with Crippen molar-refractivity contribution in [3.63, 3.8) is 0 Å². The Labute approximate surface area is 112 Å². The van der Waals surface area contributed by atoms with Gasteiger partial charge in [0, 0.05) is 10.5 Å². The van der Waals surface area contributed by atoms with Gasteiger partial charge in [-0.15, -0.1) is 0 Å². The highest BCUT2D eigenvalue weighted by Gasteiger charge is 2.36. The third-order valence-electron chi connectivity index (χ3n) is 2.89. The van der Waals surface area contributed by atoms with Crippen molar-refractivity contribution in [2.24, 2.45) is 0 Å². The number of carbonyl (C=O) groups is 1. The van der Waals surface area contributed by atoms with Crippen LogP contribution < -0.4 is 0 Å². The van der Waals surface area contributed by atoms with Crippen molar-refractivity contribution in [2.75, 3.05) is 0 Å². The maximum Gasteiger partial charge on any atom is 0.272 e. The molecule has 0 aliphatic carbocycles. The number of hydrogen-bond donors (Lipinski definition) is 0. The number of Topliss-reactive ketones (excluding diaryl/α,β-unsaturated/α-hetero) is 1. The molecule has 88 valence electrons. The number of ketones is 1. The number of halogens is 1. The van der Waals surface area contributed by atoms with Crippen LogP contribution in [0.3, 0.4) is 0 Å². The lowest BCUT2D eigenvalue weighted by Gasteiger charge is -2.01. The van der Waals surface area contributed by atoms with Crippen LogP contribution >= 0.6 is 15.9 Å². The molecule has 1 aliphatic heterocycles. The fourth-order valence-corrected chi connectivity index (χ4v) is 2.41. The minimum atomic E-state index is -0.229. The zero-order valence-electron chi connectivity index (χ0n) is 9.26. The number of rotatable bonds is 1. The summed E-state index contributed by atoms with van der Waals surface area (Å²) in [6.45, 7) is 0. The van der Waals surface area contributed by atoms with Crippen molar-refractivity contribution in [1.29, 1.82) is 0 Å². The molecule has 0 unspecified atom stereocenters. The zero-order valence-corrected chi connectivity index (χ0v) is 10.8. The van der Waals surface area contributed by atoms with Crippen LogP contribution in [0.5, 0.6) is 0 Å². The van der Waals surface area contributed by atoms with E-state index in [2.05, 4.69) is 15.9 Å². The molecule has 0 spiro atoms. The third kappa shape index (κ3) is 1.57. The van der Waals surface area contributed by atoms with Crippen LogP contribution in [0, 0.1) is 5.21 Å². The van der Waals surface area contributed by atoms with Gasteiger partial charge in [0.2, 0.25) is 5.69 Å². The largest absolute Gasteiger partial charge is 0.618 e. The molecule has 0 fully saturated rings. The molecule has 3 nitrogen and oxygen atoms in total. The van der Waals surface area contributed by atoms with Crippen LogP contribution in [-0.4, -0.2) is 16.2 Å². The highest BCUT2D eigenvalue weighted by Crippen LogP contribution is 2.30. The Morgan fingerprint density at radius 3 is 2.50 bits per heavy atom. The Morgan fingerprint density at radius 2 is 1.78 bits per heavy atom. The summed E-state index contributed by atoms with van der Waals surface area (Å²) in [5.74, 6) is -0.229. The summed E-state index contributed by atoms with van der Waals surface area (Å²) in [6.07, 6.45) is 0. The SMILES string of the molecule is O=C1C(c2ccccc2)=[N+]([O-])c2ccc(Br)cc21. The van der Waals surface area contributed by atoms with E-state index < -0.39 is 0 Å². The normalized spacial score (nSPS) is 13.9. The van der Waals surface area contributed by atoms with Crippen LogP contribution in [0.2, 0.25) is 0 Å². The lowest BCUT2D eigenvalue weighted by molar-refractivity contribution is -0.355. The van der Waals surface area contributed by atoms with Gasteiger partial charge in [-0.3, -0.25) is 4.79 Å². The van der Waals surface area contributed by atoms with Crippen LogP contribution in [0.25, 0.3) is 0 Å². The second kappa shape index (κ2) is 4.07. The summed E-state index contributed by atoms with van der Waals surface area (Å²) >= 11 is 3.31. The van der Waals surface area contributed by atoms with Gasteiger partial charge in [-0.05, 0) is 24.3 Å². The van der Waals surface area contributed by atoms with Crippen molar-refractivity contribution in [1.82, 2.24) is 0 Å². The monoisotopic (exact) mass is 301 g/mol. The van der Waals surface area contributed by atoms with E-state index >= 15 is 0 Å². The Bertz CT molecular complexity index is 677. The van der Waals surface area contributed by atoms with Crippen LogP contribution in [0.15, 0.2) is 53.0 Å². The van der Waals surface area contributed by atoms with E-state index in [1.165, 1.54) is 0 Å². The van der Waals surface area contributed by atoms with Gasteiger partial charge in [0.1, 0.15) is 5.56 Å². The molecule has 2 aromatic rings. The molecule has 0 radical (unpaired) electrons. The van der Waals surface area contributed by atoms with Crippen LogP contribution in [-0.2, 0) is 0 Å². The summed E-state index contributed by atoms with van der Waals surface area (Å²) < 4.78 is 1.50. The topological polar surface area (TPSA) is 43.1 Å². The van der Waals surface area contributed by atoms with Gasteiger partial charge >= 0.3 is 0 Å². The van der Waals surface area contributed by atoms with E-state index in [-0.39, 0.29) is 11.5 Å². The molecular weight excluding hydrogens is 294 g/mol. The molecule has 4 heteroatoms. The smallest absolute Gasteiger partial charge is 0.272 e. The van der Waals surface area contributed by atoms with Crippen molar-refractivity contribution >= 4 is 33.1 Å². The van der Waals surface area contributed by atoms with Gasteiger partial charge in [0.15, 0.2) is 0 Å². The number of nitrogens with zero attached hydrogens (tertiary/aromatic N) is 1. The Balaban J connectivity index is 2.21. The first kappa shape index (κ1) is 11.2. The van der Waals surface area contributed by atoms with Gasteiger partial charge in [0.25, 0.3) is 11.5 Å². The molecule has 1 heterocycles. The van der Waals surface area contributed by atoms with E-state index in [1.54, 1.807) is 30.3 Å². The van der Waals surface area contributed by atoms with E-state index in [9.17, 15) is 10.0 Å². The molecule has 0 saturated carbocycles. The molecule has 18 heavy (non-hydrogen) atoms. The standard InChI is InChI=1S/C14H8BrNO2/c15-10-6-7-12-11(8-10)14(17)13(16(12)18)9-4-2-1-3-5-9/h1-8H. The van der Waals surface area contributed by atoms with Crippen molar-refractivity contribution in [3.05, 3.63) is 69.3 Å². The average molecular weight is 302 g/mol. The van der Waals surface area contributed by atoms with Crippen LogP contribution in [0.4, 0.5) is 5.69 Å². The Hall–Kier alpha value is -1.94. The second-order valence-electron chi connectivity index (χ2n) is 4.00. The lowest BCUT2D eigenvalue weighted by Crippen LogP contribution is -2.16. The predicted molar refractivity (Wildman–Crippen MR) is 72.3 cm³/mol. The van der Waals surface area contributed by atoms with Gasteiger partial charge in [0.05, 0.1) is 5.56 Å². The number of benzene rings is 2. The minimum absolute atomic E-state index is 0.184. The molecule has 0 bridgehead atoms. The zero-order chi connectivity index (χ0) is 12.7. The van der Waals surface area contributed by atoms with Crippen molar-refractivity contribution in [2.45, 2.75) is 0 Å². The summed E-state index contributed by atoms with van der Waals surface area (Å²) in [5, 5.41) is 12.2. The predicted octanol–water partition coefficient (Wildman–Crippen LogP) is 3.28. The first-order chi connectivity index (χ1) is 8.68. The Kier molecular flexibility index (Phi) is 2.52. The van der Waals surface area contributed by atoms with Gasteiger partial charge in [-0.2, -0.15) is 4.74 Å². The maximum atomic E-state index is 12.3. The molecule has 0 atom stereocenters. The quantitative estimate of drug-likeness (QED) is 0.599. The molecule has 1 aliphatic rings. The lowest BCUT2D eigenvalue weighted by atomic mass is 10.0. The highest BCUT2D eigenvalue weighted by atomic mass is 79.9. The Morgan fingerprint density at radius 1 is 1.06 bits per heavy atom. The highest BCUT2D eigenvalue weighted by molar-refractivity contribution is 9.10. The van der Waals surface area contributed by atoms with Crippen molar-refractivity contribution in [3.8, 4) is 0 Å². The first-order valence-electron chi connectivity index (χ1n) is 5.42. The fourth-order valence-electron chi connectivity index (χ4n) is 2.05. The van der Waals surface area contributed by atoms with E-state index in [4.69, 9.17) is 0 Å². The summed E-state index contributed by atoms with van der Waals surface area (Å²) in [6, 6.07) is 14.1. The summed E-state index contributed by atoms with van der Waals surface area (Å²) in [7, 11) is 0. The first-order valence-corrected chi connectivity index (χ1v) is 6.21. The molecule has 0 aromatic heterocycles. The third-order valence-corrected chi connectivity index (χ3v) is 3.38. The van der Waals surface area contributed by atoms with Crippen molar-refractivity contribution < 1.29 is 9.53 Å². The van der Waals surface area contributed by atoms with Gasteiger partial charge in [-0.25, -0.2) is 0 Å². The molecule has 0 amide bonds. The molecule has 3 rings (SSSR count). The molecular formula is C14H8BrNO2. The number of fused-ring (bicyclic) bond motifs is 1. The van der Waals surface area contributed by atoms with Crippen LogP contribution in [0.1, 0.15) is 15.9 Å². The van der Waals surface area contributed by atoms with E-state index in [0.717, 1.165) is 4.47 Å². The molecule has 0 saturated heterocycles. The number of hydrogen-bond acceptors (Lipinski definition) is 2. The molecule has 0 N–H and O–H groups in total. The number of carbonyl (C=O) groups excluding carboxylic acids is 1. The average Bonchev–Trinajstić information content (AvgIpc) is 2.63. The minimum Gasteiger partial charge on any atom is -0.618 e. The van der Waals surface area contributed by atoms with E-state index in [1.807, 2.05) is 18.2 Å². The van der Waals surface area contributed by atoms with Gasteiger partial charge in [-0.1, -0.05) is 34.1 Å².